The summed E-state index contributed by atoms with van der Waals surface area (Å²) in [6.07, 6.45) is 1.25. The molecule has 0 spiro atoms. The van der Waals surface area contributed by atoms with Crippen LogP contribution in [0.2, 0.25) is 0 Å². The van der Waals surface area contributed by atoms with E-state index >= 15 is 0 Å². The second-order valence-electron chi connectivity index (χ2n) is 3.49. The van der Waals surface area contributed by atoms with Gasteiger partial charge in [-0.3, -0.25) is 19.2 Å². The molecule has 8 nitrogen and oxygen atoms in total. The largest absolute Gasteiger partial charge is 0.483 e. The van der Waals surface area contributed by atoms with Crippen molar-refractivity contribution in [2.75, 3.05) is 0 Å². The molecule has 0 aromatic rings. The van der Waals surface area contributed by atoms with Crippen molar-refractivity contribution in [2.45, 2.75) is 47.0 Å². The van der Waals surface area contributed by atoms with Gasteiger partial charge in [0.25, 0.3) is 6.47 Å². The van der Waals surface area contributed by atoms with E-state index in [2.05, 4.69) is 0 Å². The van der Waals surface area contributed by atoms with Gasteiger partial charge in [-0.25, -0.2) is 0 Å². The first-order valence-corrected chi connectivity index (χ1v) is 5.84. The normalized spacial score (nSPS) is 7.65. The summed E-state index contributed by atoms with van der Waals surface area (Å²) in [7, 11) is 0. The Labute approximate surface area is 118 Å². The fourth-order valence-corrected chi connectivity index (χ4v) is 0.214. The van der Waals surface area contributed by atoms with Crippen LogP contribution in [0.15, 0.2) is 0 Å². The van der Waals surface area contributed by atoms with Gasteiger partial charge < -0.3 is 20.4 Å². The topological polar surface area (TPSA) is 149 Å². The lowest BCUT2D eigenvalue weighted by Gasteiger charge is -1.89. The van der Waals surface area contributed by atoms with Crippen LogP contribution in [0.5, 0.6) is 0 Å². The fraction of sp³-hybridized carbons (Fsp3) is 0.667. The Bertz CT molecular complexity index is 260. The second-order valence-corrected chi connectivity index (χ2v) is 3.49. The van der Waals surface area contributed by atoms with Gasteiger partial charge in [-0.05, 0) is 6.42 Å². The van der Waals surface area contributed by atoms with E-state index in [-0.39, 0.29) is 18.8 Å². The van der Waals surface area contributed by atoms with E-state index in [4.69, 9.17) is 25.2 Å². The van der Waals surface area contributed by atoms with E-state index in [1.807, 2.05) is 6.92 Å². The lowest BCUT2D eigenvalue weighted by atomic mass is 10.2. The van der Waals surface area contributed by atoms with Crippen LogP contribution in [-0.2, 0) is 19.2 Å². The van der Waals surface area contributed by atoms with Gasteiger partial charge in [0, 0.05) is 12.8 Å². The molecule has 0 atom stereocenters. The van der Waals surface area contributed by atoms with Crippen LogP contribution in [-0.4, -0.2) is 44.8 Å². The number of hydrogen-bond donors (Lipinski definition) is 4. The summed E-state index contributed by atoms with van der Waals surface area (Å²) in [6.45, 7) is 6.47. The van der Waals surface area contributed by atoms with E-state index in [0.717, 1.165) is 6.42 Å². The van der Waals surface area contributed by atoms with Gasteiger partial charge >= 0.3 is 17.9 Å². The molecule has 0 heterocycles. The lowest BCUT2D eigenvalue weighted by molar-refractivity contribution is -0.140. The van der Waals surface area contributed by atoms with Gasteiger partial charge in [-0.2, -0.15) is 0 Å². The third-order valence-electron chi connectivity index (χ3n) is 1.26. The molecule has 0 bridgehead atoms. The summed E-state index contributed by atoms with van der Waals surface area (Å²) in [6, 6.07) is 0. The minimum atomic E-state index is -0.745. The van der Waals surface area contributed by atoms with Crippen molar-refractivity contribution in [1.82, 2.24) is 0 Å². The Kier molecular flexibility index (Phi) is 29.2. The minimum Gasteiger partial charge on any atom is -0.483 e. The van der Waals surface area contributed by atoms with Crippen LogP contribution in [0, 0.1) is 5.92 Å². The molecule has 0 unspecified atom stereocenters. The van der Waals surface area contributed by atoms with Crippen LogP contribution in [0.4, 0.5) is 0 Å². The first kappa shape index (κ1) is 26.4. The molecule has 0 aliphatic rings. The van der Waals surface area contributed by atoms with Crippen LogP contribution in [0.25, 0.3) is 0 Å². The molecule has 120 valence electrons. The van der Waals surface area contributed by atoms with Gasteiger partial charge in [0.15, 0.2) is 0 Å². The van der Waals surface area contributed by atoms with Gasteiger partial charge in [0.1, 0.15) is 0 Å². The molecule has 0 fully saturated rings. The molecule has 0 aliphatic carbocycles. The third-order valence-corrected chi connectivity index (χ3v) is 1.26. The highest BCUT2D eigenvalue weighted by atomic mass is 16.4. The predicted molar refractivity (Wildman–Crippen MR) is 71.6 cm³/mol. The molecule has 0 aromatic carbocycles. The van der Waals surface area contributed by atoms with Crippen LogP contribution in [0.3, 0.4) is 0 Å². The Balaban J connectivity index is -0.0000000879. The molecule has 0 saturated heterocycles. The zero-order valence-electron chi connectivity index (χ0n) is 12.2. The molecular weight excluding hydrogens is 272 g/mol. The zero-order valence-corrected chi connectivity index (χ0v) is 12.2. The summed E-state index contributed by atoms with van der Waals surface area (Å²) < 4.78 is 0. The maximum atomic E-state index is 9.70. The summed E-state index contributed by atoms with van der Waals surface area (Å²) in [5, 5.41) is 30.5. The van der Waals surface area contributed by atoms with Gasteiger partial charge in [-0.15, -0.1) is 0 Å². The molecule has 0 rings (SSSR count). The number of rotatable bonds is 4. The van der Waals surface area contributed by atoms with Crippen molar-refractivity contribution in [1.29, 1.82) is 0 Å². The van der Waals surface area contributed by atoms with Gasteiger partial charge in [0.05, 0.1) is 5.92 Å². The number of carbonyl (C=O) groups is 4. The molecule has 0 radical (unpaired) electrons. The standard InChI is InChI=1S/2C4H8O2.C3H6O2.CH2O2/c1-3(2)4(5)6;1-2-3-4(5)6;1-2-3(4)5;2-1-3/h3H,1-2H3,(H,5,6);2-3H2,1H3,(H,5,6);2H2,1H3,(H,4,5);1H,(H,2,3). The summed E-state index contributed by atoms with van der Waals surface area (Å²) in [5.74, 6) is -2.43. The molecule has 0 amide bonds. The highest BCUT2D eigenvalue weighted by molar-refractivity contribution is 5.68. The van der Waals surface area contributed by atoms with Crippen molar-refractivity contribution in [3.8, 4) is 0 Å². The first-order valence-electron chi connectivity index (χ1n) is 5.84. The highest BCUT2D eigenvalue weighted by Gasteiger charge is 1.99. The van der Waals surface area contributed by atoms with Crippen LogP contribution in [0.1, 0.15) is 47.0 Å². The second kappa shape index (κ2) is 22.1. The number of carboxylic acid groups (broad SMARTS) is 4. The van der Waals surface area contributed by atoms with E-state index in [1.54, 1.807) is 20.8 Å². The van der Waals surface area contributed by atoms with Crippen molar-refractivity contribution in [3.63, 3.8) is 0 Å². The Morgan fingerprint density at radius 2 is 1.25 bits per heavy atom. The monoisotopic (exact) mass is 296 g/mol. The van der Waals surface area contributed by atoms with E-state index in [9.17, 15) is 14.4 Å². The van der Waals surface area contributed by atoms with E-state index < -0.39 is 17.9 Å². The third kappa shape index (κ3) is 74.3. The van der Waals surface area contributed by atoms with Gasteiger partial charge in [0.2, 0.25) is 0 Å². The Hall–Kier alpha value is -2.12. The lowest BCUT2D eigenvalue weighted by Crippen LogP contribution is -2.03. The van der Waals surface area contributed by atoms with Crippen LogP contribution >= 0.6 is 0 Å². The Morgan fingerprint density at radius 3 is 1.25 bits per heavy atom. The maximum absolute atomic E-state index is 9.70. The fourth-order valence-electron chi connectivity index (χ4n) is 0.214. The maximum Gasteiger partial charge on any atom is 0.305 e. The van der Waals surface area contributed by atoms with Crippen molar-refractivity contribution in [3.05, 3.63) is 0 Å². The summed E-state index contributed by atoms with van der Waals surface area (Å²) in [4.78, 5) is 37.0. The minimum absolute atomic E-state index is 0.222. The molecule has 8 heteroatoms. The quantitative estimate of drug-likeness (QED) is 0.573. The smallest absolute Gasteiger partial charge is 0.305 e. The summed E-state index contributed by atoms with van der Waals surface area (Å²) >= 11 is 0. The zero-order chi connectivity index (χ0) is 17.1. The average Bonchev–Trinajstić information content (AvgIpc) is 2.31. The van der Waals surface area contributed by atoms with E-state index in [1.165, 1.54) is 0 Å². The predicted octanol–water partition coefficient (Wildman–Crippen LogP) is 1.78. The summed E-state index contributed by atoms with van der Waals surface area (Å²) in [5.41, 5.74) is 0. The number of aliphatic carboxylic acids is 3. The van der Waals surface area contributed by atoms with Crippen molar-refractivity contribution < 1.29 is 39.6 Å². The molecule has 0 aliphatic heterocycles. The number of hydrogen-bond acceptors (Lipinski definition) is 4. The molecule has 20 heavy (non-hydrogen) atoms. The van der Waals surface area contributed by atoms with Gasteiger partial charge in [-0.1, -0.05) is 27.7 Å². The molecular formula is C12H24O8. The molecule has 4 N–H and O–H groups in total. The highest BCUT2D eigenvalue weighted by Crippen LogP contribution is 1.87. The molecule has 0 saturated carbocycles. The first-order chi connectivity index (χ1) is 9.10. The SMILES string of the molecule is CC(C)C(=O)O.CCC(=O)O.CCCC(=O)O.O=CO. The van der Waals surface area contributed by atoms with Crippen molar-refractivity contribution >= 4 is 24.4 Å². The van der Waals surface area contributed by atoms with Crippen LogP contribution < -0.4 is 0 Å². The van der Waals surface area contributed by atoms with E-state index in [0.29, 0.717) is 6.42 Å². The van der Waals surface area contributed by atoms with Crippen molar-refractivity contribution in [2.24, 2.45) is 5.92 Å². The number of carboxylic acids is 3. The molecule has 0 aromatic heterocycles. The Morgan fingerprint density at radius 1 is 1.00 bits per heavy atom. The average molecular weight is 296 g/mol.